The van der Waals surface area contributed by atoms with E-state index in [0.29, 0.717) is 11.4 Å². The first-order valence-electron chi connectivity index (χ1n) is 10.7. The highest BCUT2D eigenvalue weighted by Crippen LogP contribution is 2.66. The van der Waals surface area contributed by atoms with E-state index in [2.05, 4.69) is 5.32 Å². The molecule has 10 heteroatoms. The van der Waals surface area contributed by atoms with E-state index in [4.69, 9.17) is 13.8 Å². The van der Waals surface area contributed by atoms with Crippen molar-refractivity contribution in [3.8, 4) is 0 Å². The van der Waals surface area contributed by atoms with Crippen LogP contribution in [0.25, 0.3) is 0 Å². The van der Waals surface area contributed by atoms with E-state index in [-0.39, 0.29) is 41.3 Å². The lowest BCUT2D eigenvalue weighted by molar-refractivity contribution is -0.385. The predicted octanol–water partition coefficient (Wildman–Crippen LogP) is 4.98. The highest BCUT2D eigenvalue weighted by molar-refractivity contribution is 7.58. The number of rotatable bonds is 5. The second-order valence-corrected chi connectivity index (χ2v) is 10.1. The average molecular weight is 484 g/mol. The number of carbonyl (C=O) groups excluding carboxylic acids is 1. The number of methoxy groups -OCH3 is 1. The summed E-state index contributed by atoms with van der Waals surface area (Å²) in [5, 5.41) is 15.1. The number of nitrogens with zero attached hydrogens (tertiary/aromatic N) is 1. The number of benzene rings is 2. The van der Waals surface area contributed by atoms with Crippen molar-refractivity contribution in [2.75, 3.05) is 20.3 Å². The molecule has 34 heavy (non-hydrogen) atoms. The third kappa shape index (κ3) is 4.30. The van der Waals surface area contributed by atoms with Crippen LogP contribution < -0.4 is 5.32 Å². The van der Waals surface area contributed by atoms with Gasteiger partial charge in [0.05, 0.1) is 42.1 Å². The van der Waals surface area contributed by atoms with Crippen molar-refractivity contribution in [1.82, 2.24) is 5.32 Å². The Morgan fingerprint density at radius 2 is 1.68 bits per heavy atom. The third-order valence-electron chi connectivity index (χ3n) is 6.03. The van der Waals surface area contributed by atoms with Crippen molar-refractivity contribution < 1.29 is 28.1 Å². The topological polar surface area (TPSA) is 117 Å². The molecule has 1 N–H and O–H groups in total. The van der Waals surface area contributed by atoms with Crippen molar-refractivity contribution in [3.05, 3.63) is 98.1 Å². The molecule has 1 fully saturated rings. The standard InChI is InChI=1S/C24H25N2O7P/c1-15-21(24(27)31-3)22(19-11-7-8-12-20(19)26(28)29)23(16(2)25-15)34(30)32-13-18(14-33-34)17-9-5-4-6-10-17/h4-12,18,22,25H,13-14H2,1-3H3. The van der Waals surface area contributed by atoms with Crippen LogP contribution in [0, 0.1) is 10.1 Å². The van der Waals surface area contributed by atoms with Crippen molar-refractivity contribution in [1.29, 1.82) is 0 Å². The second kappa shape index (κ2) is 9.54. The molecule has 0 radical (unpaired) electrons. The lowest BCUT2D eigenvalue weighted by Crippen LogP contribution is -2.31. The number of nitro groups is 1. The summed E-state index contributed by atoms with van der Waals surface area (Å²) in [6.45, 7) is 3.62. The van der Waals surface area contributed by atoms with E-state index < -0.39 is 24.4 Å². The van der Waals surface area contributed by atoms with Gasteiger partial charge in [0.2, 0.25) is 0 Å². The van der Waals surface area contributed by atoms with Crippen molar-refractivity contribution >= 4 is 19.3 Å². The molecule has 2 aromatic rings. The predicted molar refractivity (Wildman–Crippen MR) is 125 cm³/mol. The van der Waals surface area contributed by atoms with Crippen molar-refractivity contribution in [3.63, 3.8) is 0 Å². The summed E-state index contributed by atoms with van der Waals surface area (Å²) in [5.74, 6) is -1.86. The highest BCUT2D eigenvalue weighted by atomic mass is 31.2. The molecule has 2 aliphatic heterocycles. The fourth-order valence-corrected chi connectivity index (χ4v) is 6.60. The number of ether oxygens (including phenoxy) is 1. The number of dihydropyridines is 1. The molecule has 0 saturated carbocycles. The maximum atomic E-state index is 14.1. The van der Waals surface area contributed by atoms with Gasteiger partial charge in [-0.1, -0.05) is 48.5 Å². The van der Waals surface area contributed by atoms with E-state index in [9.17, 15) is 19.5 Å². The summed E-state index contributed by atoms with van der Waals surface area (Å²) in [6, 6.07) is 15.7. The van der Waals surface area contributed by atoms with Crippen LogP contribution in [-0.4, -0.2) is 31.2 Å². The van der Waals surface area contributed by atoms with Crippen molar-refractivity contribution in [2.24, 2.45) is 0 Å². The fourth-order valence-electron chi connectivity index (χ4n) is 4.45. The van der Waals surface area contributed by atoms with Crippen LogP contribution >= 0.6 is 7.60 Å². The molecule has 178 valence electrons. The van der Waals surface area contributed by atoms with Crippen LogP contribution in [0.1, 0.15) is 36.8 Å². The van der Waals surface area contributed by atoms with Crippen molar-refractivity contribution in [2.45, 2.75) is 25.7 Å². The number of nitro benzene ring substituents is 1. The number of esters is 1. The molecular weight excluding hydrogens is 459 g/mol. The second-order valence-electron chi connectivity index (χ2n) is 8.11. The zero-order valence-electron chi connectivity index (χ0n) is 19.0. The minimum atomic E-state index is -3.94. The van der Waals surface area contributed by atoms with Crippen LogP contribution in [0.4, 0.5) is 5.69 Å². The van der Waals surface area contributed by atoms with E-state index in [0.717, 1.165) is 5.56 Å². The molecule has 1 atom stereocenters. The molecule has 1 saturated heterocycles. The molecule has 2 aliphatic rings. The normalized spacial score (nSPS) is 25.0. The maximum Gasteiger partial charge on any atom is 0.360 e. The summed E-state index contributed by atoms with van der Waals surface area (Å²) in [4.78, 5) is 24.2. The van der Waals surface area contributed by atoms with Gasteiger partial charge < -0.3 is 19.1 Å². The SMILES string of the molecule is COC(=O)C1=C(C)NC(C)=C(P2(=O)OCC(c3ccccc3)CO2)C1c1ccccc1[N+](=O)[O-]. The molecule has 2 heterocycles. The first-order chi connectivity index (χ1) is 16.3. The highest BCUT2D eigenvalue weighted by Gasteiger charge is 2.48. The van der Waals surface area contributed by atoms with Crippen LogP contribution in [0.3, 0.4) is 0 Å². The van der Waals surface area contributed by atoms with Crippen LogP contribution in [-0.2, 0) is 23.1 Å². The van der Waals surface area contributed by atoms with Gasteiger partial charge in [0.1, 0.15) is 0 Å². The van der Waals surface area contributed by atoms with Gasteiger partial charge in [0.15, 0.2) is 0 Å². The molecule has 0 aromatic heterocycles. The Hall–Kier alpha value is -3.26. The summed E-state index contributed by atoms with van der Waals surface area (Å²) in [7, 11) is -2.71. The number of allylic oxidation sites excluding steroid dienone is 3. The zero-order valence-corrected chi connectivity index (χ0v) is 19.9. The molecule has 0 bridgehead atoms. The minimum absolute atomic E-state index is 0.116. The van der Waals surface area contributed by atoms with Crippen LogP contribution in [0.15, 0.2) is 76.9 Å². The van der Waals surface area contributed by atoms with Gasteiger partial charge in [-0.3, -0.25) is 14.7 Å². The molecular formula is C24H25N2O7P. The quantitative estimate of drug-likeness (QED) is 0.273. The number of hydrogen-bond donors (Lipinski definition) is 1. The summed E-state index contributed by atoms with van der Waals surface area (Å²) in [5.41, 5.74) is 2.00. The smallest absolute Gasteiger partial charge is 0.360 e. The first kappa shape index (κ1) is 23.9. The molecule has 2 aromatic carbocycles. The molecule has 0 spiro atoms. The van der Waals surface area contributed by atoms with Gasteiger partial charge in [-0.05, 0) is 19.4 Å². The van der Waals surface area contributed by atoms with E-state index in [1.165, 1.54) is 19.2 Å². The number of hydrogen-bond acceptors (Lipinski definition) is 8. The maximum absolute atomic E-state index is 14.1. The molecule has 1 unspecified atom stereocenters. The van der Waals surface area contributed by atoms with Gasteiger partial charge in [-0.15, -0.1) is 0 Å². The molecule has 4 rings (SSSR count). The van der Waals surface area contributed by atoms with Crippen LogP contribution in [0.5, 0.6) is 0 Å². The first-order valence-corrected chi connectivity index (χ1v) is 12.3. The molecule has 9 nitrogen and oxygen atoms in total. The summed E-state index contributed by atoms with van der Waals surface area (Å²) in [6.07, 6.45) is 0. The van der Waals surface area contributed by atoms with Gasteiger partial charge >= 0.3 is 13.6 Å². The number of para-hydroxylation sites is 1. The Labute approximate surface area is 197 Å². The Morgan fingerprint density at radius 1 is 1.06 bits per heavy atom. The van der Waals surface area contributed by atoms with Gasteiger partial charge in [0.25, 0.3) is 5.69 Å². The van der Waals surface area contributed by atoms with E-state index in [1.54, 1.807) is 26.0 Å². The van der Waals surface area contributed by atoms with Crippen LogP contribution in [0.2, 0.25) is 0 Å². The monoisotopic (exact) mass is 484 g/mol. The lowest BCUT2D eigenvalue weighted by atomic mass is 9.85. The Bertz CT molecular complexity index is 1230. The Morgan fingerprint density at radius 3 is 2.29 bits per heavy atom. The minimum Gasteiger partial charge on any atom is -0.466 e. The lowest BCUT2D eigenvalue weighted by Gasteiger charge is -2.37. The van der Waals surface area contributed by atoms with E-state index >= 15 is 0 Å². The third-order valence-corrected chi connectivity index (χ3v) is 8.19. The van der Waals surface area contributed by atoms with E-state index in [1.807, 2.05) is 30.3 Å². The summed E-state index contributed by atoms with van der Waals surface area (Å²) >= 11 is 0. The average Bonchev–Trinajstić information content (AvgIpc) is 2.84. The summed E-state index contributed by atoms with van der Waals surface area (Å²) < 4.78 is 30.9. The zero-order chi connectivity index (χ0) is 24.5. The van der Waals surface area contributed by atoms with Gasteiger partial charge in [-0.2, -0.15) is 0 Å². The van der Waals surface area contributed by atoms with Gasteiger partial charge in [-0.25, -0.2) is 4.79 Å². The Balaban J connectivity index is 1.80. The fraction of sp³-hybridized carbons (Fsp3) is 0.292. The molecule has 0 aliphatic carbocycles. The van der Waals surface area contributed by atoms with Gasteiger partial charge in [0, 0.05) is 28.9 Å². The Kier molecular flexibility index (Phi) is 6.70. The number of nitrogens with one attached hydrogen (secondary N) is 1. The number of carbonyl (C=O) groups is 1. The molecule has 0 amide bonds. The largest absolute Gasteiger partial charge is 0.466 e.